The number of rotatable bonds is 5. The van der Waals surface area contributed by atoms with E-state index in [0.717, 1.165) is 0 Å². The molecule has 0 bridgehead atoms. The minimum absolute atomic E-state index is 0.195. The van der Waals surface area contributed by atoms with Crippen LogP contribution in [-0.2, 0) is 9.59 Å². The number of aromatic nitrogens is 1. The second-order valence-corrected chi connectivity index (χ2v) is 6.96. The Hall–Kier alpha value is -3.62. The summed E-state index contributed by atoms with van der Waals surface area (Å²) in [6.45, 7) is 0. The molecule has 2 aromatic carbocycles. The fourth-order valence-corrected chi connectivity index (χ4v) is 2.80. The first kappa shape index (κ1) is 22.1. The molecule has 0 radical (unpaired) electrons. The Balaban J connectivity index is 1.67. The second-order valence-electron chi connectivity index (χ2n) is 6.12. The number of amides is 3. The third kappa shape index (κ3) is 5.94. The van der Waals surface area contributed by atoms with Crippen molar-refractivity contribution in [1.82, 2.24) is 10.3 Å². The van der Waals surface area contributed by atoms with Crippen LogP contribution in [0.3, 0.4) is 0 Å². The largest absolute Gasteiger partial charge is 0.457 e. The molecule has 10 heteroatoms. The zero-order valence-electron chi connectivity index (χ0n) is 16.1. The highest BCUT2D eigenvalue weighted by atomic mass is 35.5. The summed E-state index contributed by atoms with van der Waals surface area (Å²) in [7, 11) is 1.50. The van der Waals surface area contributed by atoms with Crippen molar-refractivity contribution in [1.29, 1.82) is 0 Å². The summed E-state index contributed by atoms with van der Waals surface area (Å²) in [5.41, 5.74) is 0.743. The molecule has 3 aromatic rings. The summed E-state index contributed by atoms with van der Waals surface area (Å²) in [6.07, 6.45) is 1.44. The molecule has 1 aromatic heterocycles. The molecule has 158 valence electrons. The van der Waals surface area contributed by atoms with Gasteiger partial charge in [-0.15, -0.1) is 0 Å². The topological polar surface area (TPSA) is 109 Å². The van der Waals surface area contributed by atoms with E-state index in [-0.39, 0.29) is 22.3 Å². The number of hydrogen-bond donors (Lipinski definition) is 3. The molecule has 0 spiro atoms. The first-order valence-corrected chi connectivity index (χ1v) is 9.65. The van der Waals surface area contributed by atoms with E-state index in [1.54, 1.807) is 30.3 Å². The second kappa shape index (κ2) is 9.92. The van der Waals surface area contributed by atoms with E-state index >= 15 is 0 Å². The molecule has 0 saturated carbocycles. The molecule has 0 saturated heterocycles. The predicted molar refractivity (Wildman–Crippen MR) is 118 cm³/mol. The van der Waals surface area contributed by atoms with Gasteiger partial charge in [-0.2, -0.15) is 0 Å². The number of halogens is 2. The molecule has 1 heterocycles. The van der Waals surface area contributed by atoms with Gasteiger partial charge in [0, 0.05) is 36.1 Å². The molecular weight excluding hydrogens is 443 g/mol. The van der Waals surface area contributed by atoms with E-state index in [1.165, 1.54) is 37.5 Å². The van der Waals surface area contributed by atoms with Crippen LogP contribution in [0.4, 0.5) is 11.4 Å². The van der Waals surface area contributed by atoms with Gasteiger partial charge in [-0.05, 0) is 36.4 Å². The molecule has 3 rings (SSSR count). The van der Waals surface area contributed by atoms with Crippen molar-refractivity contribution in [2.45, 2.75) is 0 Å². The maximum Gasteiger partial charge on any atom is 0.314 e. The standard InChI is InChI=1S/C21H16Cl2N4O4/c1-24-19(28)18-11-15(7-8-25-18)31-14-4-2-3-13(10-14)26-20(29)21(30)27-17-9-12(22)5-6-16(17)23/h2-11H,1H3,(H,24,28)(H,26,29)(H,27,30). The molecule has 0 aliphatic heterocycles. The van der Waals surface area contributed by atoms with Gasteiger partial charge in [-0.1, -0.05) is 29.3 Å². The number of benzene rings is 2. The van der Waals surface area contributed by atoms with Gasteiger partial charge in [0.25, 0.3) is 5.91 Å². The van der Waals surface area contributed by atoms with Crippen LogP contribution in [0.1, 0.15) is 10.5 Å². The SMILES string of the molecule is CNC(=O)c1cc(Oc2cccc(NC(=O)C(=O)Nc3cc(Cl)ccc3Cl)c2)ccn1. The normalized spacial score (nSPS) is 10.2. The van der Waals surface area contributed by atoms with Gasteiger partial charge in [0.2, 0.25) is 0 Å². The number of nitrogens with zero attached hydrogens (tertiary/aromatic N) is 1. The summed E-state index contributed by atoms with van der Waals surface area (Å²) >= 11 is 11.9. The number of carbonyl (C=O) groups is 3. The highest BCUT2D eigenvalue weighted by Crippen LogP contribution is 2.26. The molecular formula is C21H16Cl2N4O4. The first-order valence-electron chi connectivity index (χ1n) is 8.89. The monoisotopic (exact) mass is 458 g/mol. The third-order valence-corrected chi connectivity index (χ3v) is 4.47. The molecule has 31 heavy (non-hydrogen) atoms. The summed E-state index contributed by atoms with van der Waals surface area (Å²) in [5.74, 6) is -1.41. The first-order chi connectivity index (χ1) is 14.9. The van der Waals surface area contributed by atoms with Gasteiger partial charge in [-0.3, -0.25) is 19.4 Å². The smallest absolute Gasteiger partial charge is 0.314 e. The van der Waals surface area contributed by atoms with Crippen LogP contribution in [0, 0.1) is 0 Å². The summed E-state index contributed by atoms with van der Waals surface area (Å²) in [4.78, 5) is 40.1. The van der Waals surface area contributed by atoms with Crippen LogP contribution in [0.15, 0.2) is 60.8 Å². The Labute approximate surface area is 187 Å². The summed E-state index contributed by atoms with van der Waals surface area (Å²) < 4.78 is 5.72. The molecule has 0 atom stereocenters. The van der Waals surface area contributed by atoms with E-state index < -0.39 is 11.8 Å². The molecule has 0 aliphatic carbocycles. The minimum atomic E-state index is -0.917. The van der Waals surface area contributed by atoms with Crippen molar-refractivity contribution >= 4 is 52.3 Å². The minimum Gasteiger partial charge on any atom is -0.457 e. The fraction of sp³-hybridized carbons (Fsp3) is 0.0476. The predicted octanol–water partition coefficient (Wildman–Crippen LogP) is 4.12. The number of hydrogen-bond acceptors (Lipinski definition) is 5. The lowest BCUT2D eigenvalue weighted by molar-refractivity contribution is -0.132. The molecule has 0 aliphatic rings. The van der Waals surface area contributed by atoms with E-state index in [0.29, 0.717) is 22.2 Å². The highest BCUT2D eigenvalue weighted by Gasteiger charge is 2.16. The maximum absolute atomic E-state index is 12.2. The van der Waals surface area contributed by atoms with Crippen LogP contribution in [0.25, 0.3) is 0 Å². The third-order valence-electron chi connectivity index (χ3n) is 3.90. The van der Waals surface area contributed by atoms with Crippen LogP contribution in [0.5, 0.6) is 11.5 Å². The number of carbonyl (C=O) groups excluding carboxylic acids is 3. The zero-order valence-corrected chi connectivity index (χ0v) is 17.6. The van der Waals surface area contributed by atoms with Crippen LogP contribution >= 0.6 is 23.2 Å². The number of pyridine rings is 1. The molecule has 8 nitrogen and oxygen atoms in total. The number of ether oxygens (including phenoxy) is 1. The average Bonchev–Trinajstić information content (AvgIpc) is 2.76. The highest BCUT2D eigenvalue weighted by molar-refractivity contribution is 6.45. The quantitative estimate of drug-likeness (QED) is 0.498. The van der Waals surface area contributed by atoms with E-state index in [1.807, 2.05) is 0 Å². The summed E-state index contributed by atoms with van der Waals surface area (Å²) in [6, 6.07) is 14.0. The van der Waals surface area contributed by atoms with Gasteiger partial charge >= 0.3 is 11.8 Å². The van der Waals surface area contributed by atoms with Gasteiger partial charge in [0.15, 0.2) is 0 Å². The molecule has 0 unspecified atom stereocenters. The van der Waals surface area contributed by atoms with E-state index in [4.69, 9.17) is 27.9 Å². The van der Waals surface area contributed by atoms with Gasteiger partial charge in [-0.25, -0.2) is 0 Å². The number of nitrogens with one attached hydrogen (secondary N) is 3. The van der Waals surface area contributed by atoms with Gasteiger partial charge in [0.05, 0.1) is 10.7 Å². The van der Waals surface area contributed by atoms with E-state index in [2.05, 4.69) is 20.9 Å². The Morgan fingerprint density at radius 2 is 1.65 bits per heavy atom. The lowest BCUT2D eigenvalue weighted by atomic mass is 10.2. The lowest BCUT2D eigenvalue weighted by Crippen LogP contribution is -2.29. The maximum atomic E-state index is 12.2. The molecule has 3 amide bonds. The Morgan fingerprint density at radius 3 is 2.42 bits per heavy atom. The average molecular weight is 459 g/mol. The van der Waals surface area contributed by atoms with Gasteiger partial charge in [0.1, 0.15) is 17.2 Å². The number of anilines is 2. The zero-order chi connectivity index (χ0) is 22.4. The van der Waals surface area contributed by atoms with Crippen LogP contribution in [0.2, 0.25) is 10.0 Å². The Kier molecular flexibility index (Phi) is 7.07. The lowest BCUT2D eigenvalue weighted by Gasteiger charge is -2.10. The van der Waals surface area contributed by atoms with Crippen LogP contribution in [-0.4, -0.2) is 29.8 Å². The van der Waals surface area contributed by atoms with Crippen molar-refractivity contribution in [2.24, 2.45) is 0 Å². The molecule has 0 fully saturated rings. The van der Waals surface area contributed by atoms with Gasteiger partial charge < -0.3 is 20.7 Å². The Morgan fingerprint density at radius 1 is 0.903 bits per heavy atom. The van der Waals surface area contributed by atoms with Crippen molar-refractivity contribution in [2.75, 3.05) is 17.7 Å². The fourth-order valence-electron chi connectivity index (χ4n) is 2.46. The van der Waals surface area contributed by atoms with Crippen molar-refractivity contribution in [3.05, 3.63) is 76.5 Å². The molecule has 3 N–H and O–H groups in total. The van der Waals surface area contributed by atoms with Crippen molar-refractivity contribution in [3.63, 3.8) is 0 Å². The van der Waals surface area contributed by atoms with Crippen LogP contribution < -0.4 is 20.7 Å². The summed E-state index contributed by atoms with van der Waals surface area (Å²) in [5, 5.41) is 7.97. The van der Waals surface area contributed by atoms with Crippen molar-refractivity contribution in [3.8, 4) is 11.5 Å². The Bertz CT molecular complexity index is 1150. The van der Waals surface area contributed by atoms with E-state index in [9.17, 15) is 14.4 Å². The van der Waals surface area contributed by atoms with Crippen molar-refractivity contribution < 1.29 is 19.1 Å².